The van der Waals surface area contributed by atoms with Crippen molar-refractivity contribution in [3.63, 3.8) is 0 Å². The maximum Gasteiger partial charge on any atom is 0.327 e. The quantitative estimate of drug-likeness (QED) is 0.573. The van der Waals surface area contributed by atoms with Gasteiger partial charge in [0, 0.05) is 12.3 Å². The first-order valence-electron chi connectivity index (χ1n) is 6.04. The van der Waals surface area contributed by atoms with Gasteiger partial charge in [-0.2, -0.15) is 0 Å². The van der Waals surface area contributed by atoms with E-state index in [0.29, 0.717) is 6.41 Å². The van der Waals surface area contributed by atoms with Crippen molar-refractivity contribution in [3.8, 4) is 0 Å². The maximum atomic E-state index is 12.7. The van der Waals surface area contributed by atoms with Gasteiger partial charge in [0.2, 0.25) is 12.3 Å². The predicted octanol–water partition coefficient (Wildman–Crippen LogP) is 0.374. The van der Waals surface area contributed by atoms with E-state index in [1.54, 1.807) is 12.1 Å². The standard InChI is InChI=1S/C13H15FN2O4S/c14-10-3-1-9(2-4-10)5-15-12(18)7-21-6-11(13(19)20)16-8-17/h1-4,8,11H,5-7H2,(H,15,18)(H,16,17)(H,19,20). The third-order valence-corrected chi connectivity index (χ3v) is 3.52. The molecule has 6 nitrogen and oxygen atoms in total. The van der Waals surface area contributed by atoms with E-state index < -0.39 is 12.0 Å². The lowest BCUT2D eigenvalue weighted by Crippen LogP contribution is -2.38. The molecular formula is C13H15FN2O4S. The number of thioether (sulfide) groups is 1. The fraction of sp³-hybridized carbons (Fsp3) is 0.308. The molecule has 0 aliphatic rings. The van der Waals surface area contributed by atoms with Gasteiger partial charge in [0.05, 0.1) is 5.75 Å². The summed E-state index contributed by atoms with van der Waals surface area (Å²) in [7, 11) is 0. The topological polar surface area (TPSA) is 95.5 Å². The summed E-state index contributed by atoms with van der Waals surface area (Å²) in [5, 5.41) is 13.6. The molecule has 0 bridgehead atoms. The van der Waals surface area contributed by atoms with E-state index in [1.807, 2.05) is 0 Å². The van der Waals surface area contributed by atoms with Gasteiger partial charge in [-0.25, -0.2) is 9.18 Å². The number of carboxylic acid groups (broad SMARTS) is 1. The van der Waals surface area contributed by atoms with Gasteiger partial charge in [0.15, 0.2) is 0 Å². The van der Waals surface area contributed by atoms with Gasteiger partial charge >= 0.3 is 5.97 Å². The summed E-state index contributed by atoms with van der Waals surface area (Å²) < 4.78 is 12.7. The molecule has 0 spiro atoms. The molecule has 3 N–H and O–H groups in total. The molecule has 0 saturated heterocycles. The first kappa shape index (κ1) is 17.0. The number of hydrogen-bond donors (Lipinski definition) is 3. The minimum Gasteiger partial charge on any atom is -0.480 e. The van der Waals surface area contributed by atoms with E-state index in [9.17, 15) is 18.8 Å². The Bertz CT molecular complexity index is 495. The lowest BCUT2D eigenvalue weighted by Gasteiger charge is -2.10. The molecule has 0 radical (unpaired) electrons. The van der Waals surface area contributed by atoms with Crippen molar-refractivity contribution >= 4 is 30.0 Å². The molecule has 0 aliphatic heterocycles. The number of nitrogens with one attached hydrogen (secondary N) is 2. The number of rotatable bonds is 9. The van der Waals surface area contributed by atoms with Gasteiger partial charge in [0.25, 0.3) is 0 Å². The molecule has 1 rings (SSSR count). The van der Waals surface area contributed by atoms with Gasteiger partial charge in [0.1, 0.15) is 11.9 Å². The van der Waals surface area contributed by atoms with Crippen LogP contribution in [-0.2, 0) is 20.9 Å². The number of aliphatic carboxylic acids is 1. The number of hydrogen-bond acceptors (Lipinski definition) is 4. The minimum absolute atomic E-state index is 0.0749. The van der Waals surface area contributed by atoms with E-state index >= 15 is 0 Å². The van der Waals surface area contributed by atoms with Crippen molar-refractivity contribution in [2.75, 3.05) is 11.5 Å². The minimum atomic E-state index is -1.15. The highest BCUT2D eigenvalue weighted by molar-refractivity contribution is 8.00. The lowest BCUT2D eigenvalue weighted by molar-refractivity contribution is -0.139. The van der Waals surface area contributed by atoms with Crippen LogP contribution >= 0.6 is 11.8 Å². The van der Waals surface area contributed by atoms with Crippen LogP contribution in [-0.4, -0.2) is 40.9 Å². The highest BCUT2D eigenvalue weighted by Crippen LogP contribution is 2.05. The molecule has 21 heavy (non-hydrogen) atoms. The Morgan fingerprint density at radius 1 is 1.33 bits per heavy atom. The average molecular weight is 314 g/mol. The molecular weight excluding hydrogens is 299 g/mol. The fourth-order valence-electron chi connectivity index (χ4n) is 1.40. The van der Waals surface area contributed by atoms with Crippen molar-refractivity contribution < 1.29 is 23.9 Å². The molecule has 0 fully saturated rings. The second-order valence-corrected chi connectivity index (χ2v) is 5.12. The van der Waals surface area contributed by atoms with Crippen LogP contribution in [0, 0.1) is 5.82 Å². The number of carboxylic acids is 1. The van der Waals surface area contributed by atoms with Gasteiger partial charge in [-0.1, -0.05) is 12.1 Å². The largest absolute Gasteiger partial charge is 0.480 e. The number of amides is 2. The molecule has 1 atom stereocenters. The first-order chi connectivity index (χ1) is 10.0. The monoisotopic (exact) mass is 314 g/mol. The summed E-state index contributed by atoms with van der Waals surface area (Å²) in [6, 6.07) is 4.73. The fourth-order valence-corrected chi connectivity index (χ4v) is 2.28. The first-order valence-corrected chi connectivity index (χ1v) is 7.19. The summed E-state index contributed by atoms with van der Waals surface area (Å²) in [6.07, 6.45) is 0.313. The van der Waals surface area contributed by atoms with Crippen LogP contribution in [0.1, 0.15) is 5.56 Å². The lowest BCUT2D eigenvalue weighted by atomic mass is 10.2. The zero-order valence-corrected chi connectivity index (χ0v) is 11.9. The van der Waals surface area contributed by atoms with Crippen LogP contribution in [0.3, 0.4) is 0 Å². The van der Waals surface area contributed by atoms with Crippen LogP contribution in [0.4, 0.5) is 4.39 Å². The summed E-state index contributed by atoms with van der Waals surface area (Å²) in [5.41, 5.74) is 0.765. The molecule has 2 amide bonds. The van der Waals surface area contributed by atoms with Crippen LogP contribution in [0.25, 0.3) is 0 Å². The van der Waals surface area contributed by atoms with Crippen molar-refractivity contribution in [2.45, 2.75) is 12.6 Å². The predicted molar refractivity (Wildman–Crippen MR) is 76.2 cm³/mol. The molecule has 8 heteroatoms. The van der Waals surface area contributed by atoms with E-state index in [0.717, 1.165) is 17.3 Å². The van der Waals surface area contributed by atoms with Gasteiger partial charge in [-0.3, -0.25) is 9.59 Å². The molecule has 1 aromatic carbocycles. The Kier molecular flexibility index (Phi) is 7.24. The summed E-state index contributed by atoms with van der Waals surface area (Å²) in [4.78, 5) is 32.5. The third-order valence-electron chi connectivity index (χ3n) is 2.49. The summed E-state index contributed by atoms with van der Waals surface area (Å²) in [6.45, 7) is 0.272. The molecule has 0 aliphatic carbocycles. The van der Waals surface area contributed by atoms with Gasteiger partial charge in [-0.15, -0.1) is 11.8 Å². The van der Waals surface area contributed by atoms with E-state index in [2.05, 4.69) is 10.6 Å². The number of carbonyl (C=O) groups excluding carboxylic acids is 2. The van der Waals surface area contributed by atoms with Gasteiger partial charge in [-0.05, 0) is 17.7 Å². The maximum absolute atomic E-state index is 12.7. The van der Waals surface area contributed by atoms with Crippen molar-refractivity contribution in [3.05, 3.63) is 35.6 Å². The highest BCUT2D eigenvalue weighted by Gasteiger charge is 2.16. The molecule has 0 aromatic heterocycles. The van der Waals surface area contributed by atoms with Crippen molar-refractivity contribution in [2.24, 2.45) is 0 Å². The molecule has 114 valence electrons. The molecule has 1 aromatic rings. The average Bonchev–Trinajstić information content (AvgIpc) is 2.45. The molecule has 1 unspecified atom stereocenters. The Balaban J connectivity index is 2.26. The van der Waals surface area contributed by atoms with Crippen molar-refractivity contribution in [1.29, 1.82) is 0 Å². The second-order valence-electron chi connectivity index (χ2n) is 4.09. The zero-order chi connectivity index (χ0) is 15.7. The Morgan fingerprint density at radius 2 is 2.00 bits per heavy atom. The Labute approximate surface area is 125 Å². The SMILES string of the molecule is O=CNC(CSCC(=O)NCc1ccc(F)cc1)C(=O)O. The number of halogens is 1. The van der Waals surface area contributed by atoms with Gasteiger partial charge < -0.3 is 15.7 Å². The van der Waals surface area contributed by atoms with E-state index in [-0.39, 0.29) is 29.8 Å². The number of benzene rings is 1. The van der Waals surface area contributed by atoms with Crippen LogP contribution in [0.5, 0.6) is 0 Å². The normalized spacial score (nSPS) is 11.5. The third kappa shape index (κ3) is 6.75. The van der Waals surface area contributed by atoms with E-state index in [4.69, 9.17) is 5.11 Å². The smallest absolute Gasteiger partial charge is 0.327 e. The Morgan fingerprint density at radius 3 is 2.57 bits per heavy atom. The number of carbonyl (C=O) groups is 3. The second kappa shape index (κ2) is 8.96. The highest BCUT2D eigenvalue weighted by atomic mass is 32.2. The Hall–Kier alpha value is -2.09. The van der Waals surface area contributed by atoms with Crippen LogP contribution in [0.15, 0.2) is 24.3 Å². The summed E-state index contributed by atoms with van der Waals surface area (Å²) >= 11 is 1.10. The van der Waals surface area contributed by atoms with Crippen LogP contribution < -0.4 is 10.6 Å². The van der Waals surface area contributed by atoms with Crippen molar-refractivity contribution in [1.82, 2.24) is 10.6 Å². The van der Waals surface area contributed by atoms with Crippen LogP contribution in [0.2, 0.25) is 0 Å². The van der Waals surface area contributed by atoms with E-state index in [1.165, 1.54) is 12.1 Å². The summed E-state index contributed by atoms with van der Waals surface area (Å²) in [5.74, 6) is -1.59. The zero-order valence-electron chi connectivity index (χ0n) is 11.0. The molecule has 0 heterocycles. The molecule has 0 saturated carbocycles.